The van der Waals surface area contributed by atoms with Crippen molar-refractivity contribution in [3.8, 4) is 0 Å². The number of nitrogens with one attached hydrogen (secondary N) is 1. The molecule has 0 radical (unpaired) electrons. The van der Waals surface area contributed by atoms with Crippen LogP contribution in [0.4, 0.5) is 9.18 Å². The van der Waals surface area contributed by atoms with Crippen LogP contribution in [0.5, 0.6) is 0 Å². The predicted molar refractivity (Wildman–Crippen MR) is 110 cm³/mol. The van der Waals surface area contributed by atoms with Gasteiger partial charge in [-0.25, -0.2) is 9.18 Å². The van der Waals surface area contributed by atoms with Crippen molar-refractivity contribution in [3.63, 3.8) is 0 Å². The number of alkyl halides is 1. The third-order valence-electron chi connectivity index (χ3n) is 6.66. The van der Waals surface area contributed by atoms with E-state index in [4.69, 9.17) is 5.73 Å². The smallest absolute Gasteiger partial charge is 0.320 e. The number of piperidine rings is 1. The largest absolute Gasteiger partial charge is 0.325 e. The Morgan fingerprint density at radius 1 is 1.04 bits per heavy atom. The van der Waals surface area contributed by atoms with Crippen LogP contribution < -0.4 is 11.1 Å². The molecule has 162 valence electrons. The van der Waals surface area contributed by atoms with E-state index in [0.29, 0.717) is 32.7 Å². The maximum absolute atomic E-state index is 15.3. The molecule has 0 aromatic carbocycles. The zero-order valence-electron chi connectivity index (χ0n) is 17.7. The van der Waals surface area contributed by atoms with Crippen molar-refractivity contribution in [1.29, 1.82) is 0 Å². The highest BCUT2D eigenvalue weighted by molar-refractivity contribution is 5.74. The second kappa shape index (κ2) is 10.2. The highest BCUT2D eigenvalue weighted by Crippen LogP contribution is 2.24. The minimum absolute atomic E-state index is 0.0960. The Bertz CT molecular complexity index is 493. The van der Waals surface area contributed by atoms with E-state index in [1.54, 1.807) is 0 Å². The molecule has 3 heterocycles. The molecule has 3 N–H and O–H groups in total. The average Bonchev–Trinajstić information content (AvgIpc) is 2.70. The van der Waals surface area contributed by atoms with Crippen LogP contribution in [-0.2, 0) is 0 Å². The number of urea groups is 1. The number of hydrogen-bond acceptors (Lipinski definition) is 5. The highest BCUT2D eigenvalue weighted by Gasteiger charge is 2.42. The number of nitrogens with zero attached hydrogens (tertiary/aromatic N) is 4. The van der Waals surface area contributed by atoms with Gasteiger partial charge in [0.25, 0.3) is 0 Å². The van der Waals surface area contributed by atoms with Crippen LogP contribution in [0.1, 0.15) is 32.6 Å². The van der Waals surface area contributed by atoms with Crippen molar-refractivity contribution < 1.29 is 9.18 Å². The summed E-state index contributed by atoms with van der Waals surface area (Å²) >= 11 is 0. The normalized spacial score (nSPS) is 33.3. The molecular weight excluding hydrogens is 359 g/mol. The number of likely N-dealkylation sites (N-methyl/N-ethyl adjacent to an activating group) is 1. The quantitative estimate of drug-likeness (QED) is 0.663. The van der Waals surface area contributed by atoms with Crippen molar-refractivity contribution >= 4 is 6.03 Å². The van der Waals surface area contributed by atoms with Crippen molar-refractivity contribution in [2.75, 3.05) is 66.0 Å². The summed E-state index contributed by atoms with van der Waals surface area (Å²) in [5.74, 6) is 0. The lowest BCUT2D eigenvalue weighted by Crippen LogP contribution is -2.69. The number of carbonyl (C=O) groups is 1. The molecule has 0 aromatic rings. The number of hydrogen-bond donors (Lipinski definition) is 2. The van der Waals surface area contributed by atoms with E-state index in [1.165, 1.54) is 0 Å². The van der Waals surface area contributed by atoms with Crippen molar-refractivity contribution in [2.24, 2.45) is 5.73 Å². The molecule has 8 heteroatoms. The number of halogens is 1. The SMILES string of the molecule is CCCCCC1NCC(N)C(N2CCN(C(=O)N3CCN(C)CC3)CC2)C1F. The molecule has 2 amide bonds. The second-order valence-corrected chi connectivity index (χ2v) is 8.71. The summed E-state index contributed by atoms with van der Waals surface area (Å²) in [6, 6.07) is -0.399. The Hall–Kier alpha value is -0.960. The van der Waals surface area contributed by atoms with E-state index in [2.05, 4.69) is 29.1 Å². The van der Waals surface area contributed by atoms with E-state index in [0.717, 1.165) is 51.9 Å². The molecule has 3 aliphatic heterocycles. The molecule has 0 bridgehead atoms. The number of piperazine rings is 2. The van der Waals surface area contributed by atoms with Gasteiger partial charge < -0.3 is 25.8 Å². The third-order valence-corrected chi connectivity index (χ3v) is 6.66. The number of nitrogens with two attached hydrogens (primary N) is 1. The fraction of sp³-hybridized carbons (Fsp3) is 0.950. The van der Waals surface area contributed by atoms with E-state index in [-0.39, 0.29) is 24.2 Å². The minimum atomic E-state index is -0.944. The predicted octanol–water partition coefficient (Wildman–Crippen LogP) is 0.558. The fourth-order valence-corrected chi connectivity index (χ4v) is 4.75. The van der Waals surface area contributed by atoms with Crippen LogP contribution in [0, 0.1) is 0 Å². The summed E-state index contributed by atoms with van der Waals surface area (Å²) in [6.45, 7) is 9.02. The van der Waals surface area contributed by atoms with Crippen molar-refractivity contribution in [3.05, 3.63) is 0 Å². The molecular formula is C20H39FN6O. The number of unbranched alkanes of at least 4 members (excludes halogenated alkanes) is 2. The van der Waals surface area contributed by atoms with Crippen LogP contribution in [-0.4, -0.2) is 116 Å². The molecule has 7 nitrogen and oxygen atoms in total. The lowest BCUT2D eigenvalue weighted by molar-refractivity contribution is 0.0132. The molecule has 3 saturated heterocycles. The van der Waals surface area contributed by atoms with Crippen LogP contribution in [0.25, 0.3) is 0 Å². The van der Waals surface area contributed by atoms with E-state index in [9.17, 15) is 4.79 Å². The molecule has 0 spiro atoms. The van der Waals surface area contributed by atoms with Gasteiger partial charge in [-0.15, -0.1) is 0 Å². The molecule has 3 fully saturated rings. The number of carbonyl (C=O) groups excluding carboxylic acids is 1. The molecule has 0 aromatic heterocycles. The Kier molecular flexibility index (Phi) is 7.91. The first-order valence-electron chi connectivity index (χ1n) is 11.1. The lowest BCUT2D eigenvalue weighted by atomic mass is 9.89. The summed E-state index contributed by atoms with van der Waals surface area (Å²) in [4.78, 5) is 21.1. The van der Waals surface area contributed by atoms with Gasteiger partial charge in [0, 0.05) is 71.0 Å². The first kappa shape index (κ1) is 21.7. The van der Waals surface area contributed by atoms with Crippen molar-refractivity contribution in [1.82, 2.24) is 24.9 Å². The number of rotatable bonds is 5. The van der Waals surface area contributed by atoms with Gasteiger partial charge in [-0.3, -0.25) is 4.90 Å². The number of amides is 2. The average molecular weight is 399 g/mol. The van der Waals surface area contributed by atoms with Gasteiger partial charge in [0.15, 0.2) is 0 Å². The van der Waals surface area contributed by atoms with E-state index >= 15 is 4.39 Å². The maximum Gasteiger partial charge on any atom is 0.320 e. The summed E-state index contributed by atoms with van der Waals surface area (Å²) in [5.41, 5.74) is 6.30. The zero-order valence-corrected chi connectivity index (χ0v) is 17.7. The second-order valence-electron chi connectivity index (χ2n) is 8.71. The summed E-state index contributed by atoms with van der Waals surface area (Å²) < 4.78 is 15.3. The lowest BCUT2D eigenvalue weighted by Gasteiger charge is -2.47. The van der Waals surface area contributed by atoms with Crippen LogP contribution in [0.3, 0.4) is 0 Å². The summed E-state index contributed by atoms with van der Waals surface area (Å²) in [7, 11) is 2.09. The van der Waals surface area contributed by atoms with Gasteiger partial charge in [0.1, 0.15) is 6.17 Å². The van der Waals surface area contributed by atoms with Crippen LogP contribution in [0.15, 0.2) is 0 Å². The van der Waals surface area contributed by atoms with Gasteiger partial charge in [0.05, 0.1) is 6.04 Å². The molecule has 3 aliphatic rings. The Morgan fingerprint density at radius 3 is 2.25 bits per heavy atom. The Balaban J connectivity index is 1.50. The first-order valence-corrected chi connectivity index (χ1v) is 11.1. The molecule has 28 heavy (non-hydrogen) atoms. The standard InChI is InChI=1S/C20H39FN6O/c1-3-4-5-6-17-18(21)19(16(22)15-23-17)25-11-13-27(14-12-25)20(28)26-9-7-24(2)8-10-26/h16-19,23H,3-15,22H2,1-2H3. The summed E-state index contributed by atoms with van der Waals surface area (Å²) in [6.07, 6.45) is 3.29. The highest BCUT2D eigenvalue weighted by atomic mass is 19.1. The Morgan fingerprint density at radius 2 is 1.64 bits per heavy atom. The molecule has 3 rings (SSSR count). The molecule has 0 saturated carbocycles. The minimum Gasteiger partial charge on any atom is -0.325 e. The van der Waals surface area contributed by atoms with Gasteiger partial charge in [-0.1, -0.05) is 26.2 Å². The molecule has 0 aliphatic carbocycles. The van der Waals surface area contributed by atoms with Gasteiger partial charge >= 0.3 is 6.03 Å². The maximum atomic E-state index is 15.3. The first-order chi connectivity index (χ1) is 13.5. The topological polar surface area (TPSA) is 68.1 Å². The van der Waals surface area contributed by atoms with Crippen molar-refractivity contribution in [2.45, 2.75) is 56.9 Å². The monoisotopic (exact) mass is 398 g/mol. The van der Waals surface area contributed by atoms with E-state index in [1.807, 2.05) is 9.80 Å². The van der Waals surface area contributed by atoms with Gasteiger partial charge in [0.2, 0.25) is 0 Å². The third kappa shape index (κ3) is 5.14. The Labute approximate surface area is 169 Å². The fourth-order valence-electron chi connectivity index (χ4n) is 4.75. The van der Waals surface area contributed by atoms with Crippen LogP contribution >= 0.6 is 0 Å². The van der Waals surface area contributed by atoms with E-state index < -0.39 is 6.17 Å². The molecule has 4 unspecified atom stereocenters. The van der Waals surface area contributed by atoms with Gasteiger partial charge in [-0.2, -0.15) is 0 Å². The molecule has 4 atom stereocenters. The summed E-state index contributed by atoms with van der Waals surface area (Å²) in [5, 5.41) is 3.32. The zero-order chi connectivity index (χ0) is 20.1. The van der Waals surface area contributed by atoms with Crippen LogP contribution in [0.2, 0.25) is 0 Å². The van der Waals surface area contributed by atoms with Gasteiger partial charge in [-0.05, 0) is 13.5 Å².